The summed E-state index contributed by atoms with van der Waals surface area (Å²) in [6, 6.07) is 20.0. The molecular formula is C26H28N2O4. The SMILES string of the molecule is O=C(c1ccc(O)cc1)N(c1ccc(O)cc1)c1ccc(OCCN2CCCCC2)cc1. The predicted molar refractivity (Wildman–Crippen MR) is 125 cm³/mol. The summed E-state index contributed by atoms with van der Waals surface area (Å²) in [5, 5.41) is 19.2. The fourth-order valence-electron chi connectivity index (χ4n) is 3.89. The first-order chi connectivity index (χ1) is 15.6. The van der Waals surface area contributed by atoms with E-state index in [0.717, 1.165) is 25.4 Å². The van der Waals surface area contributed by atoms with Gasteiger partial charge in [0.25, 0.3) is 5.91 Å². The minimum atomic E-state index is -0.241. The fraction of sp³-hybridized carbons (Fsp3) is 0.269. The second kappa shape index (κ2) is 10.2. The Hall–Kier alpha value is -3.51. The third kappa shape index (κ3) is 5.39. The topological polar surface area (TPSA) is 73.2 Å². The Morgan fingerprint density at radius 1 is 0.781 bits per heavy atom. The van der Waals surface area contributed by atoms with Crippen LogP contribution in [0.15, 0.2) is 72.8 Å². The molecule has 0 spiro atoms. The molecule has 1 aliphatic rings. The van der Waals surface area contributed by atoms with Crippen LogP contribution in [0.2, 0.25) is 0 Å². The Bertz CT molecular complexity index is 1010. The minimum absolute atomic E-state index is 0.101. The van der Waals surface area contributed by atoms with Crippen molar-refractivity contribution in [2.75, 3.05) is 31.1 Å². The molecule has 0 bridgehead atoms. The Morgan fingerprint density at radius 2 is 1.31 bits per heavy atom. The Balaban J connectivity index is 1.50. The Kier molecular flexibility index (Phi) is 6.92. The molecule has 6 nitrogen and oxygen atoms in total. The summed E-state index contributed by atoms with van der Waals surface area (Å²) in [6.07, 6.45) is 3.84. The number of ether oxygens (including phenoxy) is 1. The lowest BCUT2D eigenvalue weighted by Crippen LogP contribution is -2.33. The van der Waals surface area contributed by atoms with Crippen LogP contribution in [0.4, 0.5) is 11.4 Å². The quantitative estimate of drug-likeness (QED) is 0.553. The van der Waals surface area contributed by atoms with Crippen LogP contribution >= 0.6 is 0 Å². The van der Waals surface area contributed by atoms with Gasteiger partial charge in [-0.3, -0.25) is 14.6 Å². The summed E-state index contributed by atoms with van der Waals surface area (Å²) in [6.45, 7) is 3.83. The number of amides is 1. The molecule has 0 saturated carbocycles. The summed E-state index contributed by atoms with van der Waals surface area (Å²) in [4.78, 5) is 17.3. The van der Waals surface area contributed by atoms with Crippen molar-refractivity contribution < 1.29 is 19.7 Å². The lowest BCUT2D eigenvalue weighted by atomic mass is 10.1. The van der Waals surface area contributed by atoms with E-state index in [2.05, 4.69) is 4.90 Å². The maximum Gasteiger partial charge on any atom is 0.262 e. The number of benzene rings is 3. The van der Waals surface area contributed by atoms with E-state index in [4.69, 9.17) is 4.74 Å². The first-order valence-corrected chi connectivity index (χ1v) is 11.0. The number of phenols is 2. The molecule has 1 amide bonds. The molecule has 32 heavy (non-hydrogen) atoms. The molecule has 3 aromatic rings. The standard InChI is InChI=1S/C26H28N2O4/c29-23-10-4-20(5-11-23)26(31)28(21-6-12-24(30)13-7-21)22-8-14-25(15-9-22)32-19-18-27-16-2-1-3-17-27/h4-15,29-30H,1-3,16-19H2. The lowest BCUT2D eigenvalue weighted by Gasteiger charge is -2.26. The molecule has 1 saturated heterocycles. The van der Waals surface area contributed by atoms with Crippen molar-refractivity contribution in [1.29, 1.82) is 0 Å². The van der Waals surface area contributed by atoms with Crippen LogP contribution in [0.5, 0.6) is 17.2 Å². The number of rotatable bonds is 7. The number of aromatic hydroxyl groups is 2. The van der Waals surface area contributed by atoms with E-state index in [1.165, 1.54) is 31.4 Å². The zero-order valence-corrected chi connectivity index (χ0v) is 18.0. The van der Waals surface area contributed by atoms with Crippen molar-refractivity contribution in [3.63, 3.8) is 0 Å². The van der Waals surface area contributed by atoms with Crippen molar-refractivity contribution in [2.24, 2.45) is 0 Å². The number of anilines is 2. The van der Waals surface area contributed by atoms with E-state index in [1.807, 2.05) is 24.3 Å². The van der Waals surface area contributed by atoms with Gasteiger partial charge in [0, 0.05) is 23.5 Å². The van der Waals surface area contributed by atoms with E-state index in [9.17, 15) is 15.0 Å². The van der Waals surface area contributed by atoms with Crippen molar-refractivity contribution in [2.45, 2.75) is 19.3 Å². The summed E-state index contributed by atoms with van der Waals surface area (Å²) in [5.41, 5.74) is 1.74. The van der Waals surface area contributed by atoms with Crippen LogP contribution in [0.25, 0.3) is 0 Å². The number of hydrogen-bond acceptors (Lipinski definition) is 5. The first-order valence-electron chi connectivity index (χ1n) is 11.0. The highest BCUT2D eigenvalue weighted by molar-refractivity contribution is 6.11. The molecule has 1 aliphatic heterocycles. The molecule has 6 heteroatoms. The van der Waals surface area contributed by atoms with Gasteiger partial charge in [-0.15, -0.1) is 0 Å². The van der Waals surface area contributed by atoms with Gasteiger partial charge >= 0.3 is 0 Å². The summed E-state index contributed by atoms with van der Waals surface area (Å²) < 4.78 is 5.92. The summed E-state index contributed by atoms with van der Waals surface area (Å²) >= 11 is 0. The molecule has 0 aliphatic carbocycles. The molecule has 0 atom stereocenters. The molecule has 4 rings (SSSR count). The Morgan fingerprint density at radius 3 is 1.91 bits per heavy atom. The van der Waals surface area contributed by atoms with Gasteiger partial charge in [0.2, 0.25) is 0 Å². The highest BCUT2D eigenvalue weighted by Gasteiger charge is 2.20. The number of likely N-dealkylation sites (tertiary alicyclic amines) is 1. The monoisotopic (exact) mass is 432 g/mol. The van der Waals surface area contributed by atoms with E-state index < -0.39 is 0 Å². The van der Waals surface area contributed by atoms with Gasteiger partial charge in [0.1, 0.15) is 23.9 Å². The van der Waals surface area contributed by atoms with Crippen LogP contribution in [0.3, 0.4) is 0 Å². The summed E-state index contributed by atoms with van der Waals surface area (Å²) in [7, 11) is 0. The lowest BCUT2D eigenvalue weighted by molar-refractivity contribution is 0.0999. The normalized spacial score (nSPS) is 14.1. The van der Waals surface area contributed by atoms with Crippen molar-refractivity contribution >= 4 is 17.3 Å². The molecule has 0 aromatic heterocycles. The largest absolute Gasteiger partial charge is 0.508 e. The van der Waals surface area contributed by atoms with Crippen LogP contribution in [0.1, 0.15) is 29.6 Å². The van der Waals surface area contributed by atoms with Crippen LogP contribution < -0.4 is 9.64 Å². The van der Waals surface area contributed by atoms with Gasteiger partial charge < -0.3 is 14.9 Å². The molecule has 166 valence electrons. The highest BCUT2D eigenvalue weighted by atomic mass is 16.5. The number of carbonyl (C=O) groups is 1. The molecule has 1 heterocycles. The third-order valence-corrected chi connectivity index (χ3v) is 5.65. The Labute approximate surface area is 188 Å². The molecule has 2 N–H and O–H groups in total. The predicted octanol–water partition coefficient (Wildman–Crippen LogP) is 4.94. The van der Waals surface area contributed by atoms with Crippen LogP contribution in [-0.4, -0.2) is 47.3 Å². The van der Waals surface area contributed by atoms with Gasteiger partial charge in [-0.1, -0.05) is 6.42 Å². The number of phenolic OH excluding ortho intramolecular Hbond substituents is 2. The molecular weight excluding hydrogens is 404 g/mol. The second-order valence-corrected chi connectivity index (χ2v) is 7.95. The summed E-state index contributed by atoms with van der Waals surface area (Å²) in [5.74, 6) is 0.745. The van der Waals surface area contributed by atoms with Crippen molar-refractivity contribution in [3.8, 4) is 17.2 Å². The van der Waals surface area contributed by atoms with E-state index in [1.54, 1.807) is 41.3 Å². The van der Waals surface area contributed by atoms with Crippen molar-refractivity contribution in [3.05, 3.63) is 78.4 Å². The number of hydrogen-bond donors (Lipinski definition) is 2. The number of carbonyl (C=O) groups excluding carboxylic acids is 1. The fourth-order valence-corrected chi connectivity index (χ4v) is 3.89. The van der Waals surface area contributed by atoms with Gasteiger partial charge in [-0.2, -0.15) is 0 Å². The van der Waals surface area contributed by atoms with E-state index in [0.29, 0.717) is 23.5 Å². The average Bonchev–Trinajstić information content (AvgIpc) is 2.82. The molecule has 0 unspecified atom stereocenters. The van der Waals surface area contributed by atoms with Gasteiger partial charge in [0.15, 0.2) is 0 Å². The maximum absolute atomic E-state index is 13.3. The van der Waals surface area contributed by atoms with E-state index in [-0.39, 0.29) is 17.4 Å². The number of nitrogens with zero attached hydrogens (tertiary/aromatic N) is 2. The van der Waals surface area contributed by atoms with Crippen molar-refractivity contribution in [1.82, 2.24) is 4.90 Å². The van der Waals surface area contributed by atoms with Gasteiger partial charge in [-0.25, -0.2) is 0 Å². The van der Waals surface area contributed by atoms with Gasteiger partial charge in [-0.05, 0) is 98.7 Å². The van der Waals surface area contributed by atoms with Gasteiger partial charge in [0.05, 0.1) is 0 Å². The minimum Gasteiger partial charge on any atom is -0.508 e. The molecule has 0 radical (unpaired) electrons. The average molecular weight is 433 g/mol. The third-order valence-electron chi connectivity index (χ3n) is 5.65. The zero-order valence-electron chi connectivity index (χ0n) is 18.0. The van der Waals surface area contributed by atoms with E-state index >= 15 is 0 Å². The maximum atomic E-state index is 13.3. The van der Waals surface area contributed by atoms with Crippen LogP contribution in [-0.2, 0) is 0 Å². The number of piperidine rings is 1. The highest BCUT2D eigenvalue weighted by Crippen LogP contribution is 2.30. The molecule has 3 aromatic carbocycles. The first kappa shape index (κ1) is 21.7. The zero-order chi connectivity index (χ0) is 22.3. The molecule has 1 fully saturated rings. The second-order valence-electron chi connectivity index (χ2n) is 7.95. The smallest absolute Gasteiger partial charge is 0.262 e. The van der Waals surface area contributed by atoms with Crippen LogP contribution in [0, 0.1) is 0 Å².